The summed E-state index contributed by atoms with van der Waals surface area (Å²) in [5.74, 6) is 0.0767. The quantitative estimate of drug-likeness (QED) is 0.856. The van der Waals surface area contributed by atoms with Crippen LogP contribution in [0.5, 0.6) is 0 Å². The highest BCUT2D eigenvalue weighted by atomic mass is 16.2. The van der Waals surface area contributed by atoms with Gasteiger partial charge in [-0.15, -0.1) is 0 Å². The van der Waals surface area contributed by atoms with Crippen molar-refractivity contribution in [3.05, 3.63) is 47.5 Å². The predicted octanol–water partition coefficient (Wildman–Crippen LogP) is 1.75. The van der Waals surface area contributed by atoms with Gasteiger partial charge in [0, 0.05) is 38.8 Å². The summed E-state index contributed by atoms with van der Waals surface area (Å²) in [4.78, 5) is 30.4. The molecule has 0 aromatic carbocycles. The third-order valence-corrected chi connectivity index (χ3v) is 4.78. The number of hydrogen-bond donors (Lipinski definition) is 1. The molecule has 0 radical (unpaired) electrons. The number of carbonyl (C=O) groups excluding carboxylic acids is 2. The number of rotatable bonds is 6. The van der Waals surface area contributed by atoms with Crippen molar-refractivity contribution in [3.63, 3.8) is 0 Å². The third kappa shape index (κ3) is 4.28. The highest BCUT2D eigenvalue weighted by Crippen LogP contribution is 2.31. The first-order valence-electron chi connectivity index (χ1n) is 9.01. The number of nitrogens with one attached hydrogen (secondary N) is 1. The number of aromatic nitrogens is 3. The first kappa shape index (κ1) is 18.1. The van der Waals surface area contributed by atoms with E-state index >= 15 is 0 Å². The lowest BCUT2D eigenvalue weighted by molar-refractivity contribution is -0.132. The van der Waals surface area contributed by atoms with E-state index in [1.807, 2.05) is 40.9 Å². The van der Waals surface area contributed by atoms with Crippen molar-refractivity contribution in [2.24, 2.45) is 7.05 Å². The highest BCUT2D eigenvalue weighted by molar-refractivity contribution is 5.77. The van der Waals surface area contributed by atoms with Crippen LogP contribution < -0.4 is 5.32 Å². The Kier molecular flexibility index (Phi) is 5.65. The molecule has 1 saturated heterocycles. The topological polar surface area (TPSA) is 80.1 Å². The Morgan fingerprint density at radius 1 is 1.31 bits per heavy atom. The lowest BCUT2D eigenvalue weighted by atomic mass is 10.1. The molecule has 7 heteroatoms. The molecule has 3 rings (SSSR count). The maximum Gasteiger partial charge on any atom is 0.223 e. The van der Waals surface area contributed by atoms with Gasteiger partial charge in [-0.05, 0) is 37.5 Å². The lowest BCUT2D eigenvalue weighted by Gasteiger charge is -2.25. The van der Waals surface area contributed by atoms with Crippen LogP contribution in [0.25, 0.3) is 0 Å². The highest BCUT2D eigenvalue weighted by Gasteiger charge is 2.30. The number of carbonyl (C=O) groups is 2. The Balaban J connectivity index is 1.65. The minimum absolute atomic E-state index is 0.0197. The van der Waals surface area contributed by atoms with Crippen LogP contribution in [0.4, 0.5) is 0 Å². The Morgan fingerprint density at radius 3 is 2.88 bits per heavy atom. The van der Waals surface area contributed by atoms with Gasteiger partial charge in [0.15, 0.2) is 0 Å². The largest absolute Gasteiger partial charge is 0.351 e. The normalized spacial score (nSPS) is 16.7. The van der Waals surface area contributed by atoms with Crippen LogP contribution in [0.15, 0.2) is 30.5 Å². The summed E-state index contributed by atoms with van der Waals surface area (Å²) in [6.07, 6.45) is 4.83. The third-order valence-electron chi connectivity index (χ3n) is 4.78. The molecule has 1 atom stereocenters. The van der Waals surface area contributed by atoms with E-state index in [2.05, 4.69) is 15.4 Å². The van der Waals surface area contributed by atoms with Gasteiger partial charge >= 0.3 is 0 Å². The second-order valence-corrected chi connectivity index (χ2v) is 6.65. The van der Waals surface area contributed by atoms with Crippen molar-refractivity contribution < 1.29 is 9.59 Å². The van der Waals surface area contributed by atoms with Gasteiger partial charge < -0.3 is 10.2 Å². The van der Waals surface area contributed by atoms with Crippen LogP contribution in [-0.2, 0) is 29.6 Å². The monoisotopic (exact) mass is 355 g/mol. The molecule has 1 aliphatic rings. The van der Waals surface area contributed by atoms with Crippen LogP contribution in [0, 0.1) is 0 Å². The number of nitrogens with zero attached hydrogens (tertiary/aromatic N) is 4. The molecule has 3 heterocycles. The fourth-order valence-electron chi connectivity index (χ4n) is 3.40. The number of pyridine rings is 1. The molecular weight excluding hydrogens is 330 g/mol. The maximum atomic E-state index is 12.7. The number of likely N-dealkylation sites (tertiary alicyclic amines) is 1. The van der Waals surface area contributed by atoms with Gasteiger partial charge in [-0.25, -0.2) is 0 Å². The average molecular weight is 355 g/mol. The van der Waals surface area contributed by atoms with Crippen molar-refractivity contribution in [2.45, 2.75) is 45.2 Å². The first-order chi connectivity index (χ1) is 12.5. The predicted molar refractivity (Wildman–Crippen MR) is 97.0 cm³/mol. The molecule has 0 unspecified atom stereocenters. The van der Waals surface area contributed by atoms with Crippen LogP contribution in [0.3, 0.4) is 0 Å². The van der Waals surface area contributed by atoms with Gasteiger partial charge in [0.25, 0.3) is 0 Å². The summed E-state index contributed by atoms with van der Waals surface area (Å²) in [7, 11) is 1.89. The molecule has 26 heavy (non-hydrogen) atoms. The van der Waals surface area contributed by atoms with Gasteiger partial charge in [-0.1, -0.05) is 6.07 Å². The van der Waals surface area contributed by atoms with Crippen molar-refractivity contribution in [3.8, 4) is 0 Å². The molecule has 1 aliphatic heterocycles. The Bertz CT molecular complexity index is 786. The van der Waals surface area contributed by atoms with Gasteiger partial charge in [0.05, 0.1) is 24.0 Å². The number of aryl methyl sites for hydroxylation is 2. The minimum Gasteiger partial charge on any atom is -0.351 e. The zero-order chi connectivity index (χ0) is 18.5. The molecule has 7 nitrogen and oxygen atoms in total. The lowest BCUT2D eigenvalue weighted by Crippen LogP contribution is -2.31. The Hall–Kier alpha value is -2.70. The molecule has 0 spiro atoms. The minimum atomic E-state index is -0.0787. The molecule has 2 amide bonds. The van der Waals surface area contributed by atoms with Crippen LogP contribution in [-0.4, -0.2) is 38.0 Å². The van der Waals surface area contributed by atoms with Crippen LogP contribution in [0.2, 0.25) is 0 Å². The van der Waals surface area contributed by atoms with Crippen LogP contribution in [0.1, 0.15) is 49.3 Å². The van der Waals surface area contributed by atoms with E-state index in [1.54, 1.807) is 6.20 Å². The van der Waals surface area contributed by atoms with Crippen molar-refractivity contribution in [2.75, 3.05) is 6.54 Å². The van der Waals surface area contributed by atoms with E-state index in [0.29, 0.717) is 19.4 Å². The Labute approximate surface area is 153 Å². The summed E-state index contributed by atoms with van der Waals surface area (Å²) in [5.41, 5.74) is 2.77. The van der Waals surface area contributed by atoms with Crippen molar-refractivity contribution in [1.29, 1.82) is 0 Å². The second kappa shape index (κ2) is 8.12. The molecule has 0 aliphatic carbocycles. The van der Waals surface area contributed by atoms with Gasteiger partial charge in [-0.3, -0.25) is 19.3 Å². The van der Waals surface area contributed by atoms with E-state index in [1.165, 1.54) is 6.92 Å². The molecule has 2 aromatic heterocycles. The zero-order valence-corrected chi connectivity index (χ0v) is 15.3. The summed E-state index contributed by atoms with van der Waals surface area (Å²) < 4.78 is 1.81. The van der Waals surface area contributed by atoms with Crippen molar-refractivity contribution >= 4 is 11.8 Å². The van der Waals surface area contributed by atoms with E-state index in [0.717, 1.165) is 36.5 Å². The summed E-state index contributed by atoms with van der Waals surface area (Å²) >= 11 is 0. The molecule has 0 bridgehead atoms. The fourth-order valence-corrected chi connectivity index (χ4v) is 3.40. The molecule has 1 fully saturated rings. The first-order valence-corrected chi connectivity index (χ1v) is 9.01. The number of hydrogen-bond acceptors (Lipinski definition) is 4. The standard InChI is InChI=1S/C19H25N5O2/c1-14(25)20-13-15-5-3-6-17(22-15)18-7-4-12-24(18)19(26)9-8-16-10-11-21-23(16)2/h3,5-6,10-11,18H,4,7-9,12-13H2,1-2H3,(H,20,25)/t18-/m0/s1. The summed E-state index contributed by atoms with van der Waals surface area (Å²) in [6.45, 7) is 2.67. The Morgan fingerprint density at radius 2 is 2.15 bits per heavy atom. The van der Waals surface area contributed by atoms with E-state index in [4.69, 9.17) is 0 Å². The van der Waals surface area contributed by atoms with E-state index < -0.39 is 0 Å². The fraction of sp³-hybridized carbons (Fsp3) is 0.474. The summed E-state index contributed by atoms with van der Waals surface area (Å²) in [6, 6.07) is 7.77. The molecule has 0 saturated carbocycles. The average Bonchev–Trinajstić information content (AvgIpc) is 3.27. The molecular formula is C19H25N5O2. The second-order valence-electron chi connectivity index (χ2n) is 6.65. The molecule has 1 N–H and O–H groups in total. The zero-order valence-electron chi connectivity index (χ0n) is 15.3. The van der Waals surface area contributed by atoms with Gasteiger partial charge in [0.2, 0.25) is 11.8 Å². The van der Waals surface area contributed by atoms with Gasteiger partial charge in [-0.2, -0.15) is 5.10 Å². The van der Waals surface area contributed by atoms with Crippen molar-refractivity contribution in [1.82, 2.24) is 25.0 Å². The van der Waals surface area contributed by atoms with E-state index in [-0.39, 0.29) is 17.9 Å². The summed E-state index contributed by atoms with van der Waals surface area (Å²) in [5, 5.41) is 6.91. The molecule has 2 aromatic rings. The smallest absolute Gasteiger partial charge is 0.223 e. The maximum absolute atomic E-state index is 12.7. The van der Waals surface area contributed by atoms with Crippen LogP contribution >= 0.6 is 0 Å². The van der Waals surface area contributed by atoms with Gasteiger partial charge in [0.1, 0.15) is 0 Å². The van der Waals surface area contributed by atoms with E-state index in [9.17, 15) is 9.59 Å². The molecule has 138 valence electrons. The SMILES string of the molecule is CC(=O)NCc1cccc([C@@H]2CCCN2C(=O)CCc2ccnn2C)n1. The number of amides is 2.